The van der Waals surface area contributed by atoms with Gasteiger partial charge in [0.2, 0.25) is 0 Å². The maximum atomic E-state index is 12.3. The number of rotatable bonds is 3. The molecule has 0 aromatic heterocycles. The summed E-state index contributed by atoms with van der Waals surface area (Å²) in [7, 11) is 0. The predicted octanol–water partition coefficient (Wildman–Crippen LogP) is 0.863. The minimum absolute atomic E-state index is 0.00467. The molecule has 2 fully saturated rings. The van der Waals surface area contributed by atoms with Gasteiger partial charge in [-0.3, -0.25) is 9.59 Å². The van der Waals surface area contributed by atoms with Crippen LogP contribution in [-0.2, 0) is 19.1 Å². The molecule has 1 unspecified atom stereocenters. The second-order valence-electron chi connectivity index (χ2n) is 10.8. The summed E-state index contributed by atoms with van der Waals surface area (Å²) in [4.78, 5) is 23.5. The molecule has 0 aliphatic heterocycles. The van der Waals surface area contributed by atoms with Crippen LogP contribution < -0.4 is 0 Å². The van der Waals surface area contributed by atoms with Crippen molar-refractivity contribution in [2.75, 3.05) is 6.61 Å². The zero-order valence-corrected chi connectivity index (χ0v) is 19.5. The third kappa shape index (κ3) is 2.70. The summed E-state index contributed by atoms with van der Waals surface area (Å²) in [6, 6.07) is 0. The number of carbonyl (C=O) groups is 2. The lowest BCUT2D eigenvalue weighted by atomic mass is 9.59. The molecule has 32 heavy (non-hydrogen) atoms. The molecule has 8 heteroatoms. The molecule has 178 valence electrons. The molecule has 4 aliphatic rings. The Balaban J connectivity index is 1.90. The van der Waals surface area contributed by atoms with Crippen molar-refractivity contribution in [2.45, 2.75) is 77.0 Å². The van der Waals surface area contributed by atoms with Gasteiger partial charge in [-0.15, -0.1) is 0 Å². The first kappa shape index (κ1) is 23.4. The maximum Gasteiger partial charge on any atom is 0.303 e. The van der Waals surface area contributed by atoms with E-state index in [1.165, 1.54) is 13.8 Å². The Labute approximate surface area is 187 Å². The van der Waals surface area contributed by atoms with Gasteiger partial charge in [0.15, 0.2) is 0 Å². The smallest absolute Gasteiger partial charge is 0.303 e. The van der Waals surface area contributed by atoms with E-state index in [2.05, 4.69) is 0 Å². The van der Waals surface area contributed by atoms with Gasteiger partial charge < -0.3 is 29.9 Å². The number of ether oxygens (including phenoxy) is 2. The quantitative estimate of drug-likeness (QED) is 0.368. The molecule has 4 aliphatic carbocycles. The van der Waals surface area contributed by atoms with Gasteiger partial charge in [0, 0.05) is 49.4 Å². The number of fused-ring (bicyclic) bond motifs is 5. The second-order valence-corrected chi connectivity index (χ2v) is 10.8. The average molecular weight is 451 g/mol. The Morgan fingerprint density at radius 2 is 1.75 bits per heavy atom. The van der Waals surface area contributed by atoms with Crippen LogP contribution in [-0.4, -0.2) is 68.0 Å². The summed E-state index contributed by atoms with van der Waals surface area (Å²) >= 11 is 0. The van der Waals surface area contributed by atoms with Gasteiger partial charge in [0.1, 0.15) is 23.9 Å². The molecular weight excluding hydrogens is 416 g/mol. The Bertz CT molecular complexity index is 921. The van der Waals surface area contributed by atoms with Crippen molar-refractivity contribution >= 4 is 11.9 Å². The summed E-state index contributed by atoms with van der Waals surface area (Å²) in [5.74, 6) is -3.72. The van der Waals surface area contributed by atoms with Crippen LogP contribution in [0.1, 0.15) is 48.0 Å². The molecule has 0 aromatic carbocycles. The van der Waals surface area contributed by atoms with Crippen LogP contribution in [0.25, 0.3) is 0 Å². The van der Waals surface area contributed by atoms with E-state index in [0.717, 1.165) is 0 Å². The van der Waals surface area contributed by atoms with Gasteiger partial charge in [-0.2, -0.15) is 0 Å². The molecule has 9 atom stereocenters. The fraction of sp³-hybridized carbons (Fsp3) is 0.750. The van der Waals surface area contributed by atoms with Crippen molar-refractivity contribution in [2.24, 2.45) is 29.1 Å². The van der Waals surface area contributed by atoms with Crippen LogP contribution in [0.15, 0.2) is 23.3 Å². The van der Waals surface area contributed by atoms with Gasteiger partial charge in [0.25, 0.3) is 0 Å². The highest BCUT2D eigenvalue weighted by molar-refractivity contribution is 5.68. The van der Waals surface area contributed by atoms with Crippen LogP contribution in [0.3, 0.4) is 0 Å². The molecule has 0 aromatic rings. The Morgan fingerprint density at radius 1 is 1.12 bits per heavy atom. The summed E-state index contributed by atoms with van der Waals surface area (Å²) in [5, 5.41) is 46.3. The van der Waals surface area contributed by atoms with E-state index in [1.54, 1.807) is 26.0 Å². The van der Waals surface area contributed by atoms with E-state index in [1.807, 2.05) is 13.8 Å². The standard InChI is InChI=1S/C24H34O8/c1-11-7-17-22(29,19(11)27)9-15(10-31-13(3)25)8-16-18-21(5,6)24(18,32-14(4)26)20(28)12(2)23(16,17)30/h7-8,12,16-20,27-30H,9-10H2,1-6H3/t12-,16+,17-,18-,19?,20-,22-,23-,24-/m1/s1. The second kappa shape index (κ2) is 6.88. The Morgan fingerprint density at radius 3 is 2.31 bits per heavy atom. The van der Waals surface area contributed by atoms with Crippen molar-refractivity contribution in [1.29, 1.82) is 0 Å². The normalized spacial score (nSPS) is 48.3. The van der Waals surface area contributed by atoms with Crippen molar-refractivity contribution in [1.82, 2.24) is 0 Å². The third-order valence-electron chi connectivity index (χ3n) is 8.77. The number of esters is 2. The van der Waals surface area contributed by atoms with Gasteiger partial charge in [-0.1, -0.05) is 32.9 Å². The molecular formula is C24H34O8. The molecule has 0 amide bonds. The van der Waals surface area contributed by atoms with Crippen LogP contribution in [0.4, 0.5) is 0 Å². The van der Waals surface area contributed by atoms with E-state index < -0.39 is 70.0 Å². The van der Waals surface area contributed by atoms with Gasteiger partial charge in [-0.25, -0.2) is 0 Å². The SMILES string of the molecule is CC(=O)OCC1=C[C@H]2[C@@H]3C(C)(C)[C@]3(OC(C)=O)[C@H](O)[C@@H](C)[C@]2(O)[C@@H]2C=C(C)C(O)[C@@]2(O)C1. The van der Waals surface area contributed by atoms with E-state index in [4.69, 9.17) is 9.47 Å². The molecule has 0 bridgehead atoms. The molecule has 0 heterocycles. The molecule has 0 spiro atoms. The van der Waals surface area contributed by atoms with Crippen molar-refractivity contribution in [3.05, 3.63) is 23.3 Å². The largest absolute Gasteiger partial charge is 0.461 e. The highest BCUT2D eigenvalue weighted by Gasteiger charge is 2.86. The molecule has 0 saturated heterocycles. The lowest BCUT2D eigenvalue weighted by Gasteiger charge is -2.53. The third-order valence-corrected chi connectivity index (χ3v) is 8.77. The molecule has 4 rings (SSSR count). The topological polar surface area (TPSA) is 134 Å². The lowest BCUT2D eigenvalue weighted by Crippen LogP contribution is -2.66. The highest BCUT2D eigenvalue weighted by atomic mass is 16.6. The number of hydrogen-bond donors (Lipinski definition) is 4. The zero-order chi connectivity index (χ0) is 24.0. The van der Waals surface area contributed by atoms with Crippen LogP contribution in [0, 0.1) is 29.1 Å². The predicted molar refractivity (Wildman–Crippen MR) is 113 cm³/mol. The summed E-state index contributed by atoms with van der Waals surface area (Å²) in [6.45, 7) is 9.66. The highest BCUT2D eigenvalue weighted by Crippen LogP contribution is 2.76. The van der Waals surface area contributed by atoms with Crippen LogP contribution in [0.5, 0.6) is 0 Å². The van der Waals surface area contributed by atoms with Crippen LogP contribution in [0.2, 0.25) is 0 Å². The van der Waals surface area contributed by atoms with E-state index in [9.17, 15) is 30.0 Å². The Hall–Kier alpha value is -1.74. The summed E-state index contributed by atoms with van der Waals surface area (Å²) in [6.07, 6.45) is 1.10. The van der Waals surface area contributed by atoms with Crippen molar-refractivity contribution < 1.29 is 39.5 Å². The first-order valence-corrected chi connectivity index (χ1v) is 11.2. The van der Waals surface area contributed by atoms with E-state index in [-0.39, 0.29) is 13.0 Å². The first-order chi connectivity index (χ1) is 14.7. The summed E-state index contributed by atoms with van der Waals surface area (Å²) in [5.41, 5.74) is -4.09. The number of hydrogen-bond acceptors (Lipinski definition) is 8. The minimum Gasteiger partial charge on any atom is -0.461 e. The molecule has 2 saturated carbocycles. The first-order valence-electron chi connectivity index (χ1n) is 11.2. The van der Waals surface area contributed by atoms with E-state index in [0.29, 0.717) is 11.1 Å². The fourth-order valence-corrected chi connectivity index (χ4v) is 7.26. The molecule has 8 nitrogen and oxygen atoms in total. The monoisotopic (exact) mass is 450 g/mol. The number of aliphatic hydroxyl groups is 4. The number of aliphatic hydroxyl groups excluding tert-OH is 2. The van der Waals surface area contributed by atoms with Gasteiger partial charge in [0.05, 0.1) is 11.7 Å². The molecule has 0 radical (unpaired) electrons. The van der Waals surface area contributed by atoms with Gasteiger partial charge >= 0.3 is 11.9 Å². The number of carbonyl (C=O) groups excluding carboxylic acids is 2. The van der Waals surface area contributed by atoms with Crippen molar-refractivity contribution in [3.8, 4) is 0 Å². The molecule has 4 N–H and O–H groups in total. The zero-order valence-electron chi connectivity index (χ0n) is 19.5. The van der Waals surface area contributed by atoms with E-state index >= 15 is 0 Å². The van der Waals surface area contributed by atoms with Crippen molar-refractivity contribution in [3.63, 3.8) is 0 Å². The minimum atomic E-state index is -1.73. The van der Waals surface area contributed by atoms with Gasteiger partial charge in [-0.05, 0) is 18.1 Å². The Kier molecular flexibility index (Phi) is 5.04. The fourth-order valence-electron chi connectivity index (χ4n) is 7.26. The lowest BCUT2D eigenvalue weighted by molar-refractivity contribution is -0.226. The van der Waals surface area contributed by atoms with Crippen LogP contribution >= 0.6 is 0 Å². The summed E-state index contributed by atoms with van der Waals surface area (Å²) < 4.78 is 11.0. The average Bonchev–Trinajstić information content (AvgIpc) is 3.11. The maximum absolute atomic E-state index is 12.3.